The number of carbonyl (C=O) groups excluding carboxylic acids is 1. The van der Waals surface area contributed by atoms with E-state index in [0.29, 0.717) is 5.69 Å². The number of alkyl halides is 3. The number of pyridine rings is 1. The van der Waals surface area contributed by atoms with Gasteiger partial charge in [0.25, 0.3) is 5.91 Å². The molecule has 6 nitrogen and oxygen atoms in total. The molecule has 0 aliphatic heterocycles. The van der Waals surface area contributed by atoms with Crippen LogP contribution in [0.5, 0.6) is 0 Å². The van der Waals surface area contributed by atoms with Crippen LogP contribution in [0.1, 0.15) is 21.6 Å². The minimum Gasteiger partial charge on any atom is -0.322 e. The smallest absolute Gasteiger partial charge is 0.322 e. The van der Waals surface area contributed by atoms with Crippen molar-refractivity contribution in [1.29, 1.82) is 0 Å². The summed E-state index contributed by atoms with van der Waals surface area (Å²) in [5.74, 6) is -2.84. The van der Waals surface area contributed by atoms with E-state index in [1.54, 1.807) is 6.92 Å². The van der Waals surface area contributed by atoms with Crippen molar-refractivity contribution < 1.29 is 26.7 Å². The molecule has 13 heteroatoms. The number of hydrogen-bond acceptors (Lipinski definition) is 7. The molecular weight excluding hydrogens is 461 g/mol. The van der Waals surface area contributed by atoms with Crippen LogP contribution in [0.4, 0.5) is 37.8 Å². The number of carbonyl (C=O) groups is 1. The summed E-state index contributed by atoms with van der Waals surface area (Å²) in [6.07, 6.45) is -3.55. The van der Waals surface area contributed by atoms with Gasteiger partial charge in [0.1, 0.15) is 15.3 Å². The molecule has 0 bridgehead atoms. The highest BCUT2D eigenvalue weighted by molar-refractivity contribution is 7.22. The minimum absolute atomic E-state index is 0.0273. The Bertz CT molecular complexity index is 1300. The number of fused-ring (bicyclic) bond motifs is 1. The van der Waals surface area contributed by atoms with Gasteiger partial charge in [-0.15, -0.1) is 0 Å². The van der Waals surface area contributed by atoms with Crippen molar-refractivity contribution in [3.63, 3.8) is 0 Å². The maximum Gasteiger partial charge on any atom is 0.418 e. The normalized spacial score (nSPS) is 11.7. The van der Waals surface area contributed by atoms with E-state index in [1.165, 1.54) is 6.07 Å². The molecule has 0 aliphatic carbocycles. The lowest BCUT2D eigenvalue weighted by molar-refractivity contribution is -0.136. The van der Waals surface area contributed by atoms with E-state index >= 15 is 0 Å². The lowest BCUT2D eigenvalue weighted by Crippen LogP contribution is -2.14. The van der Waals surface area contributed by atoms with Crippen LogP contribution < -0.4 is 10.6 Å². The van der Waals surface area contributed by atoms with E-state index < -0.39 is 29.3 Å². The average molecular weight is 471 g/mol. The van der Waals surface area contributed by atoms with Gasteiger partial charge in [0.05, 0.1) is 16.8 Å². The van der Waals surface area contributed by atoms with Crippen molar-refractivity contribution in [3.8, 4) is 0 Å². The van der Waals surface area contributed by atoms with Gasteiger partial charge in [0.15, 0.2) is 16.8 Å². The van der Waals surface area contributed by atoms with E-state index in [9.17, 15) is 26.7 Å². The van der Waals surface area contributed by atoms with Crippen LogP contribution in [0, 0.1) is 18.6 Å². The summed E-state index contributed by atoms with van der Waals surface area (Å²) in [4.78, 5) is 20.6. The number of aryl methyl sites for hydroxylation is 1. The quantitative estimate of drug-likeness (QED) is 0.371. The van der Waals surface area contributed by atoms with Crippen molar-refractivity contribution >= 4 is 54.9 Å². The predicted molar refractivity (Wildman–Crippen MR) is 107 cm³/mol. The SMILES string of the molecule is Cc1nsc(Nc2nc3c(C(F)(F)F)ccnc3s2)c1C(=O)Nc1ccc(F)c(F)c1. The second-order valence-electron chi connectivity index (χ2n) is 6.21. The summed E-state index contributed by atoms with van der Waals surface area (Å²) >= 11 is 1.79. The van der Waals surface area contributed by atoms with Crippen molar-refractivity contribution in [2.45, 2.75) is 13.1 Å². The van der Waals surface area contributed by atoms with Gasteiger partial charge in [-0.3, -0.25) is 4.79 Å². The average Bonchev–Trinajstić information content (AvgIpc) is 3.26. The molecule has 31 heavy (non-hydrogen) atoms. The lowest BCUT2D eigenvalue weighted by atomic mass is 10.2. The third kappa shape index (κ3) is 4.18. The van der Waals surface area contributed by atoms with Crippen LogP contribution in [0.15, 0.2) is 30.5 Å². The van der Waals surface area contributed by atoms with Crippen LogP contribution in [0.3, 0.4) is 0 Å². The van der Waals surface area contributed by atoms with E-state index in [0.717, 1.165) is 47.3 Å². The first-order valence-electron chi connectivity index (χ1n) is 8.46. The van der Waals surface area contributed by atoms with Crippen molar-refractivity contribution in [2.75, 3.05) is 10.6 Å². The second-order valence-corrected chi connectivity index (χ2v) is 7.96. The first kappa shape index (κ1) is 21.1. The fourth-order valence-corrected chi connectivity index (χ4v) is 4.40. The first-order valence-corrected chi connectivity index (χ1v) is 10.0. The third-order valence-electron chi connectivity index (χ3n) is 4.09. The van der Waals surface area contributed by atoms with Gasteiger partial charge in [-0.1, -0.05) is 11.3 Å². The molecule has 0 saturated carbocycles. The molecule has 0 unspecified atom stereocenters. The van der Waals surface area contributed by atoms with E-state index in [2.05, 4.69) is 25.0 Å². The van der Waals surface area contributed by atoms with Crippen LogP contribution in [0.2, 0.25) is 0 Å². The monoisotopic (exact) mass is 471 g/mol. The number of halogens is 5. The number of anilines is 3. The number of nitrogens with zero attached hydrogens (tertiary/aromatic N) is 3. The molecule has 0 saturated heterocycles. The molecule has 4 rings (SSSR count). The van der Waals surface area contributed by atoms with Gasteiger partial charge in [-0.2, -0.15) is 17.5 Å². The molecule has 0 spiro atoms. The van der Waals surface area contributed by atoms with Gasteiger partial charge in [0.2, 0.25) is 0 Å². The van der Waals surface area contributed by atoms with Gasteiger partial charge in [0, 0.05) is 18.0 Å². The van der Waals surface area contributed by atoms with E-state index in [1.807, 2.05) is 0 Å². The van der Waals surface area contributed by atoms with Crippen molar-refractivity contribution in [1.82, 2.24) is 14.3 Å². The van der Waals surface area contributed by atoms with Gasteiger partial charge < -0.3 is 10.6 Å². The van der Waals surface area contributed by atoms with Crippen LogP contribution in [-0.2, 0) is 6.18 Å². The Labute approximate surface area is 178 Å². The number of hydrogen-bond donors (Lipinski definition) is 2. The molecule has 0 aliphatic rings. The summed E-state index contributed by atoms with van der Waals surface area (Å²) in [7, 11) is 0. The van der Waals surface area contributed by atoms with Crippen LogP contribution >= 0.6 is 22.9 Å². The fraction of sp³-hybridized carbons (Fsp3) is 0.111. The van der Waals surface area contributed by atoms with Crippen molar-refractivity contribution in [3.05, 3.63) is 58.9 Å². The zero-order valence-corrected chi connectivity index (χ0v) is 17.0. The standard InChI is InChI=1S/C18H10F5N5OS2/c1-7-12(14(29)25-8-2-3-10(19)11(20)6-8)15(31-28-7)27-17-26-13-9(18(21,22)23)4-5-24-16(13)30-17/h2-6H,1H3,(H,25,29)(H,26,27). The first-order chi connectivity index (χ1) is 14.6. The molecule has 3 heterocycles. The third-order valence-corrected chi connectivity index (χ3v) is 5.82. The summed E-state index contributed by atoms with van der Waals surface area (Å²) < 4.78 is 70.1. The zero-order valence-electron chi connectivity index (χ0n) is 15.3. The maximum absolute atomic E-state index is 13.4. The molecule has 160 valence electrons. The van der Waals surface area contributed by atoms with E-state index in [-0.39, 0.29) is 31.7 Å². The molecule has 0 atom stereocenters. The highest BCUT2D eigenvalue weighted by atomic mass is 32.1. The predicted octanol–water partition coefficient (Wildman–Crippen LogP) is 5.75. The zero-order chi connectivity index (χ0) is 22.3. The van der Waals surface area contributed by atoms with Gasteiger partial charge in [-0.25, -0.2) is 18.7 Å². The topological polar surface area (TPSA) is 79.8 Å². The summed E-state index contributed by atoms with van der Waals surface area (Å²) in [6.45, 7) is 1.56. The van der Waals surface area contributed by atoms with Crippen LogP contribution in [-0.4, -0.2) is 20.2 Å². The minimum atomic E-state index is -4.59. The maximum atomic E-state index is 13.4. The lowest BCUT2D eigenvalue weighted by Gasteiger charge is -2.07. The Hall–Kier alpha value is -3.19. The Kier molecular flexibility index (Phi) is 5.31. The summed E-state index contributed by atoms with van der Waals surface area (Å²) in [5.41, 5.74) is -0.768. The summed E-state index contributed by atoms with van der Waals surface area (Å²) in [6, 6.07) is 3.72. The Balaban J connectivity index is 1.63. The fourth-order valence-electron chi connectivity index (χ4n) is 2.70. The number of aromatic nitrogens is 3. The molecule has 0 fully saturated rings. The number of amides is 1. The number of thiazole rings is 1. The Morgan fingerprint density at radius 3 is 2.61 bits per heavy atom. The molecule has 1 aromatic carbocycles. The highest BCUT2D eigenvalue weighted by Crippen LogP contribution is 2.38. The van der Waals surface area contributed by atoms with E-state index in [4.69, 9.17) is 0 Å². The van der Waals surface area contributed by atoms with Gasteiger partial charge >= 0.3 is 6.18 Å². The van der Waals surface area contributed by atoms with Crippen LogP contribution in [0.25, 0.3) is 10.3 Å². The Morgan fingerprint density at radius 2 is 1.90 bits per heavy atom. The molecule has 0 radical (unpaired) electrons. The van der Waals surface area contributed by atoms with Crippen molar-refractivity contribution in [2.24, 2.45) is 0 Å². The largest absolute Gasteiger partial charge is 0.418 e. The molecule has 2 N–H and O–H groups in total. The second kappa shape index (κ2) is 7.81. The highest BCUT2D eigenvalue weighted by Gasteiger charge is 2.34. The summed E-state index contributed by atoms with van der Waals surface area (Å²) in [5, 5.41) is 5.56. The number of nitrogens with one attached hydrogen (secondary N) is 2. The molecular formula is C18H10F5N5OS2. The van der Waals surface area contributed by atoms with Gasteiger partial charge in [-0.05, 0) is 36.7 Å². The molecule has 1 amide bonds. The number of benzene rings is 1. The Morgan fingerprint density at radius 1 is 1.13 bits per heavy atom. The number of rotatable bonds is 4. The molecule has 3 aromatic heterocycles. The molecule has 4 aromatic rings.